The highest BCUT2D eigenvalue weighted by molar-refractivity contribution is 6.00. The molecule has 1 heterocycles. The highest BCUT2D eigenvalue weighted by Crippen LogP contribution is 2.29. The smallest absolute Gasteiger partial charge is 0.490 e. The van der Waals surface area contributed by atoms with Crippen molar-refractivity contribution in [1.82, 2.24) is 10.6 Å². The fraction of sp³-hybridized carbons (Fsp3) is 0.452. The lowest BCUT2D eigenvalue weighted by atomic mass is 9.84. The maximum Gasteiger partial charge on any atom is 0.490 e. The number of halogens is 4. The van der Waals surface area contributed by atoms with Gasteiger partial charge in [0.15, 0.2) is 30.0 Å². The molecule has 1 saturated carbocycles. The molecule has 2 amide bonds. The number of nitrogens with zero attached hydrogens (tertiary/aromatic N) is 4. The van der Waals surface area contributed by atoms with Gasteiger partial charge in [0.2, 0.25) is 11.8 Å². The Morgan fingerprint density at radius 1 is 1.04 bits per heavy atom. The topological polar surface area (TPSA) is 189 Å². The van der Waals surface area contributed by atoms with E-state index in [1.54, 1.807) is 30.3 Å². The molecule has 0 spiro atoms. The van der Waals surface area contributed by atoms with Gasteiger partial charge in [-0.15, -0.1) is 5.11 Å². The van der Waals surface area contributed by atoms with Crippen LogP contribution in [0.4, 0.5) is 17.6 Å². The Kier molecular flexibility index (Phi) is 13.8. The first kappa shape index (κ1) is 37.4. The minimum absolute atomic E-state index is 0.0355. The summed E-state index contributed by atoms with van der Waals surface area (Å²) in [6.45, 7) is 0.321. The molecular formula is C31H37F4N7O6. The van der Waals surface area contributed by atoms with E-state index in [1.807, 2.05) is 0 Å². The molecule has 48 heavy (non-hydrogen) atoms. The molecule has 2 aromatic rings. The number of nitrogens with two attached hydrogens (primary N) is 1. The summed E-state index contributed by atoms with van der Waals surface area (Å²) in [5, 5.41) is 20.2. The molecule has 4 rings (SSSR count). The van der Waals surface area contributed by atoms with Gasteiger partial charge in [-0.3, -0.25) is 14.9 Å². The number of benzene rings is 2. The van der Waals surface area contributed by atoms with Crippen LogP contribution in [0.15, 0.2) is 56.6 Å². The number of amidine groups is 1. The van der Waals surface area contributed by atoms with E-state index in [2.05, 4.69) is 30.8 Å². The van der Waals surface area contributed by atoms with E-state index in [0.29, 0.717) is 35.0 Å². The van der Waals surface area contributed by atoms with E-state index < -0.39 is 24.0 Å². The number of methoxy groups -OCH3 is 2. The molecule has 0 unspecified atom stereocenters. The second-order valence-electron chi connectivity index (χ2n) is 10.9. The van der Waals surface area contributed by atoms with Crippen LogP contribution in [0.2, 0.25) is 0 Å². The van der Waals surface area contributed by atoms with Gasteiger partial charge in [0.1, 0.15) is 11.9 Å². The Morgan fingerprint density at radius 3 is 2.31 bits per heavy atom. The number of azo groups is 1. The molecular weight excluding hydrogens is 642 g/mol. The average Bonchev–Trinajstić information content (AvgIpc) is 3.59. The predicted molar refractivity (Wildman–Crippen MR) is 166 cm³/mol. The number of nitrogens with one attached hydrogen (secondary N) is 2. The first-order valence-corrected chi connectivity index (χ1v) is 14.9. The van der Waals surface area contributed by atoms with Crippen LogP contribution >= 0.6 is 0 Å². The molecule has 17 heteroatoms. The summed E-state index contributed by atoms with van der Waals surface area (Å²) >= 11 is 0. The third-order valence-electron chi connectivity index (χ3n) is 7.39. The van der Waals surface area contributed by atoms with Crippen molar-refractivity contribution in [2.75, 3.05) is 20.9 Å². The zero-order valence-electron chi connectivity index (χ0n) is 26.3. The highest BCUT2D eigenvalue weighted by atomic mass is 19.4. The Morgan fingerprint density at radius 2 is 1.71 bits per heavy atom. The van der Waals surface area contributed by atoms with E-state index in [1.165, 1.54) is 26.7 Å². The summed E-state index contributed by atoms with van der Waals surface area (Å²) in [5.74, 6) is -2.41. The Labute approximate surface area is 273 Å². The Bertz CT molecular complexity index is 1540. The van der Waals surface area contributed by atoms with Crippen molar-refractivity contribution in [2.45, 2.75) is 63.7 Å². The van der Waals surface area contributed by atoms with Crippen LogP contribution in [0, 0.1) is 11.7 Å². The van der Waals surface area contributed by atoms with Gasteiger partial charge in [-0.25, -0.2) is 19.2 Å². The van der Waals surface area contributed by atoms with Gasteiger partial charge in [0.05, 0.1) is 26.2 Å². The number of hydrogen-bond acceptors (Lipinski definition) is 9. The van der Waals surface area contributed by atoms with Gasteiger partial charge >= 0.3 is 12.1 Å². The maximum absolute atomic E-state index is 14.3. The number of carboxylic acid groups (broad SMARTS) is 1. The Balaban J connectivity index is 0.000000804. The summed E-state index contributed by atoms with van der Waals surface area (Å²) < 4.78 is 56.6. The summed E-state index contributed by atoms with van der Waals surface area (Å²) in [6.07, 6.45) is 0.909. The fourth-order valence-electron chi connectivity index (χ4n) is 5.05. The number of carbonyl (C=O) groups excluding carboxylic acids is 2. The zero-order valence-corrected chi connectivity index (χ0v) is 26.3. The van der Waals surface area contributed by atoms with Gasteiger partial charge < -0.3 is 25.6 Å². The molecule has 260 valence electrons. The van der Waals surface area contributed by atoms with E-state index in [9.17, 15) is 27.2 Å². The summed E-state index contributed by atoms with van der Waals surface area (Å²) in [5.41, 5.74) is 7.72. The fourth-order valence-corrected chi connectivity index (χ4v) is 5.05. The van der Waals surface area contributed by atoms with Crippen molar-refractivity contribution in [3.63, 3.8) is 0 Å². The highest BCUT2D eigenvalue weighted by Gasteiger charge is 2.38. The number of rotatable bonds is 11. The van der Waals surface area contributed by atoms with Crippen LogP contribution in [0.5, 0.6) is 11.5 Å². The summed E-state index contributed by atoms with van der Waals surface area (Å²) in [6, 6.07) is 8.92. The number of alkyl halides is 3. The van der Waals surface area contributed by atoms with Crippen LogP contribution < -0.4 is 25.8 Å². The quantitative estimate of drug-likeness (QED) is 0.155. The molecule has 1 atom stereocenters. The van der Waals surface area contributed by atoms with Crippen LogP contribution in [0.25, 0.3) is 0 Å². The van der Waals surface area contributed by atoms with Crippen LogP contribution in [-0.2, 0) is 27.3 Å². The number of aliphatic carboxylic acids is 1. The van der Waals surface area contributed by atoms with Crippen molar-refractivity contribution in [3.8, 4) is 11.5 Å². The second-order valence-corrected chi connectivity index (χ2v) is 10.9. The standard InChI is InChI=1S/C29H36FN7O4.C2HF3O2/c1-40-24-11-9-19(14-25(24)41-2)15-26(38)36-29(31)35-23(13-18-6-4-3-5-7-18)28(39)32-16-20-8-10-22(30)21(12-20)27-33-17-34-37-27;3-2(4,5)1(6)7/h8-12,14,18,23H,3-7,13,15-17H2,1-2H3,(H,32,39)(H3,31,35,36,38);(H,6,7)/t23-;/m1./s1. The number of hydrogen-bond donors (Lipinski definition) is 4. The number of carboxylic acids is 1. The maximum atomic E-state index is 14.3. The normalized spacial score (nSPS) is 15.5. The van der Waals surface area contributed by atoms with E-state index in [-0.39, 0.29) is 48.8 Å². The minimum Gasteiger partial charge on any atom is -0.493 e. The molecule has 0 aromatic heterocycles. The minimum atomic E-state index is -5.08. The number of amides is 2. The van der Waals surface area contributed by atoms with Gasteiger partial charge in [0, 0.05) is 6.54 Å². The average molecular weight is 680 g/mol. The van der Waals surface area contributed by atoms with Crippen LogP contribution in [0.1, 0.15) is 55.2 Å². The van der Waals surface area contributed by atoms with Crippen LogP contribution in [-0.4, -0.2) is 67.8 Å². The molecule has 0 radical (unpaired) electrons. The number of guanidine groups is 1. The molecule has 0 saturated heterocycles. The van der Waals surface area contributed by atoms with E-state index in [0.717, 1.165) is 25.7 Å². The predicted octanol–water partition coefficient (Wildman–Crippen LogP) is 4.27. The first-order valence-electron chi connectivity index (χ1n) is 14.9. The zero-order chi connectivity index (χ0) is 35.3. The molecule has 1 aliphatic heterocycles. The van der Waals surface area contributed by atoms with Crippen molar-refractivity contribution in [1.29, 1.82) is 0 Å². The molecule has 13 nitrogen and oxygen atoms in total. The van der Waals surface area contributed by atoms with Gasteiger partial charge in [0.25, 0.3) is 0 Å². The lowest BCUT2D eigenvalue weighted by Gasteiger charge is -2.24. The summed E-state index contributed by atoms with van der Waals surface area (Å²) in [4.78, 5) is 43.4. The number of ether oxygens (including phenoxy) is 2. The lowest BCUT2D eigenvalue weighted by molar-refractivity contribution is -0.192. The summed E-state index contributed by atoms with van der Waals surface area (Å²) in [7, 11) is 3.06. The van der Waals surface area contributed by atoms with Gasteiger partial charge in [-0.2, -0.15) is 18.3 Å². The first-order chi connectivity index (χ1) is 22.8. The number of aliphatic imine (C=N–C) groups is 2. The second kappa shape index (κ2) is 17.7. The van der Waals surface area contributed by atoms with Crippen molar-refractivity contribution in [3.05, 3.63) is 58.9 Å². The van der Waals surface area contributed by atoms with E-state index in [4.69, 9.17) is 25.1 Å². The van der Waals surface area contributed by atoms with Gasteiger partial charge in [-0.05, 0) is 47.7 Å². The van der Waals surface area contributed by atoms with Crippen molar-refractivity contribution >= 4 is 29.6 Å². The van der Waals surface area contributed by atoms with Crippen LogP contribution in [0.3, 0.4) is 0 Å². The van der Waals surface area contributed by atoms with E-state index >= 15 is 0 Å². The van der Waals surface area contributed by atoms with Crippen molar-refractivity contribution in [2.24, 2.45) is 31.9 Å². The molecule has 5 N–H and O–H groups in total. The third kappa shape index (κ3) is 11.6. The molecule has 1 fully saturated rings. The molecule has 2 aromatic carbocycles. The molecule has 2 aliphatic rings. The van der Waals surface area contributed by atoms with Gasteiger partial charge in [-0.1, -0.05) is 44.2 Å². The third-order valence-corrected chi connectivity index (χ3v) is 7.39. The largest absolute Gasteiger partial charge is 0.493 e. The molecule has 1 aliphatic carbocycles. The monoisotopic (exact) mass is 679 g/mol. The van der Waals surface area contributed by atoms with Crippen molar-refractivity contribution < 1.29 is 46.5 Å². The SMILES string of the molecule is COc1ccc(CC(=O)NC(N)=N[C@H](CC2CCCCC2)C(=O)NCc2ccc(F)c(C3=NCN=N3)c2)cc1OC.O=C(O)C(F)(F)F. The number of carbonyl (C=O) groups is 3. The molecule has 0 bridgehead atoms. The Hall–Kier alpha value is -5.09. The lowest BCUT2D eigenvalue weighted by Crippen LogP contribution is -2.42.